The zero-order valence-electron chi connectivity index (χ0n) is 12.9. The standard InChI is InChI=1S/C15H16N2O4S3/c1-9(13(20)16-6-2-5-12(18)19)17-14(21)11(24-15(17)22)8-10-4-3-7-23-10/h3-4,7-9H,2,5-6H2,1H3,(H,16,20)(H,18,19)/b11-8-. The van der Waals surface area contributed by atoms with E-state index in [9.17, 15) is 14.4 Å². The topological polar surface area (TPSA) is 86.7 Å². The Bertz CT molecular complexity index is 685. The Hall–Kier alpha value is -1.71. The van der Waals surface area contributed by atoms with E-state index in [2.05, 4.69) is 5.32 Å². The van der Waals surface area contributed by atoms with Gasteiger partial charge in [0.2, 0.25) is 5.91 Å². The van der Waals surface area contributed by atoms with Crippen LogP contribution in [0.25, 0.3) is 6.08 Å². The summed E-state index contributed by atoms with van der Waals surface area (Å²) in [6.07, 6.45) is 2.09. The first-order valence-corrected chi connectivity index (χ1v) is 9.30. The summed E-state index contributed by atoms with van der Waals surface area (Å²) in [6, 6.07) is 3.05. The molecule has 0 bridgehead atoms. The van der Waals surface area contributed by atoms with Gasteiger partial charge in [0, 0.05) is 17.8 Å². The van der Waals surface area contributed by atoms with Gasteiger partial charge >= 0.3 is 5.97 Å². The molecule has 1 aliphatic heterocycles. The van der Waals surface area contributed by atoms with Crippen molar-refractivity contribution in [1.82, 2.24) is 10.2 Å². The first-order valence-electron chi connectivity index (χ1n) is 7.20. The van der Waals surface area contributed by atoms with Crippen LogP contribution in [0.2, 0.25) is 0 Å². The molecule has 1 atom stereocenters. The number of nitrogens with zero attached hydrogens (tertiary/aromatic N) is 1. The van der Waals surface area contributed by atoms with Crippen LogP contribution in [0.15, 0.2) is 22.4 Å². The van der Waals surface area contributed by atoms with Crippen molar-refractivity contribution in [3.63, 3.8) is 0 Å². The Morgan fingerprint density at radius 3 is 2.88 bits per heavy atom. The Morgan fingerprint density at radius 2 is 2.25 bits per heavy atom. The van der Waals surface area contributed by atoms with Crippen molar-refractivity contribution in [2.45, 2.75) is 25.8 Å². The third-order valence-corrected chi connectivity index (χ3v) is 5.42. The average molecular weight is 385 g/mol. The molecule has 1 fully saturated rings. The molecule has 1 saturated heterocycles. The fourth-order valence-corrected chi connectivity index (χ4v) is 4.17. The highest BCUT2D eigenvalue weighted by atomic mass is 32.2. The van der Waals surface area contributed by atoms with Crippen LogP contribution in [0, 0.1) is 0 Å². The molecule has 24 heavy (non-hydrogen) atoms. The lowest BCUT2D eigenvalue weighted by atomic mass is 10.2. The van der Waals surface area contributed by atoms with E-state index < -0.39 is 12.0 Å². The Morgan fingerprint density at radius 1 is 1.50 bits per heavy atom. The second kappa shape index (κ2) is 8.41. The van der Waals surface area contributed by atoms with Crippen molar-refractivity contribution in [2.75, 3.05) is 6.54 Å². The number of carboxylic acid groups (broad SMARTS) is 1. The van der Waals surface area contributed by atoms with Crippen molar-refractivity contribution in [3.05, 3.63) is 27.3 Å². The molecule has 0 saturated carbocycles. The number of rotatable bonds is 7. The predicted molar refractivity (Wildman–Crippen MR) is 98.7 cm³/mol. The molecule has 9 heteroatoms. The number of carboxylic acids is 1. The molecule has 6 nitrogen and oxygen atoms in total. The third kappa shape index (κ3) is 4.65. The van der Waals surface area contributed by atoms with Gasteiger partial charge in [0.05, 0.1) is 4.91 Å². The molecule has 0 aromatic carbocycles. The second-order valence-corrected chi connectivity index (χ2v) is 7.69. The Labute approximate surface area is 152 Å². The molecular formula is C15H16N2O4S3. The van der Waals surface area contributed by atoms with Gasteiger partial charge in [0.25, 0.3) is 5.91 Å². The van der Waals surface area contributed by atoms with Gasteiger partial charge in [-0.3, -0.25) is 19.3 Å². The quantitative estimate of drug-likeness (QED) is 0.426. The van der Waals surface area contributed by atoms with Gasteiger partial charge in [0.15, 0.2) is 0 Å². The number of thiocarbonyl (C=S) groups is 1. The number of hydrogen-bond donors (Lipinski definition) is 2. The highest BCUT2D eigenvalue weighted by molar-refractivity contribution is 8.26. The van der Waals surface area contributed by atoms with Crippen molar-refractivity contribution in [1.29, 1.82) is 0 Å². The summed E-state index contributed by atoms with van der Waals surface area (Å²) in [5, 5.41) is 13.1. The molecule has 1 aliphatic rings. The minimum atomic E-state index is -0.909. The SMILES string of the molecule is CC(C(=O)NCCCC(=O)O)N1C(=O)/C(=C/c2cccs2)SC1=S. The van der Waals surface area contributed by atoms with Crippen LogP contribution in [-0.2, 0) is 14.4 Å². The molecule has 2 rings (SSSR count). The van der Waals surface area contributed by atoms with Crippen LogP contribution in [0.4, 0.5) is 0 Å². The smallest absolute Gasteiger partial charge is 0.303 e. The first-order chi connectivity index (χ1) is 11.4. The largest absolute Gasteiger partial charge is 0.481 e. The molecule has 0 aliphatic carbocycles. The number of thioether (sulfide) groups is 1. The minimum absolute atomic E-state index is 0.0146. The zero-order chi connectivity index (χ0) is 17.7. The predicted octanol–water partition coefficient (Wildman–Crippen LogP) is 2.32. The van der Waals surface area contributed by atoms with Gasteiger partial charge in [-0.15, -0.1) is 11.3 Å². The normalized spacial score (nSPS) is 17.4. The summed E-state index contributed by atoms with van der Waals surface area (Å²) in [7, 11) is 0. The van der Waals surface area contributed by atoms with Gasteiger partial charge < -0.3 is 10.4 Å². The summed E-state index contributed by atoms with van der Waals surface area (Å²) in [5.41, 5.74) is 0. The number of thiophene rings is 1. The van der Waals surface area contributed by atoms with E-state index in [1.807, 2.05) is 17.5 Å². The molecule has 1 aromatic heterocycles. The fraction of sp³-hybridized carbons (Fsp3) is 0.333. The molecule has 2 N–H and O–H groups in total. The average Bonchev–Trinajstić information content (AvgIpc) is 3.12. The number of carbonyl (C=O) groups excluding carboxylic acids is 2. The molecule has 2 heterocycles. The maximum Gasteiger partial charge on any atom is 0.303 e. The van der Waals surface area contributed by atoms with Gasteiger partial charge in [-0.25, -0.2) is 0 Å². The van der Waals surface area contributed by atoms with Gasteiger partial charge in [-0.1, -0.05) is 30.0 Å². The number of aliphatic carboxylic acids is 1. The molecule has 2 amide bonds. The van der Waals surface area contributed by atoms with Crippen molar-refractivity contribution >= 4 is 63.5 Å². The molecule has 0 spiro atoms. The van der Waals surface area contributed by atoms with E-state index in [1.54, 1.807) is 13.0 Å². The maximum atomic E-state index is 12.5. The van der Waals surface area contributed by atoms with Crippen LogP contribution >= 0.6 is 35.3 Å². The molecule has 1 aromatic rings. The van der Waals surface area contributed by atoms with E-state index in [0.717, 1.165) is 4.88 Å². The lowest BCUT2D eigenvalue weighted by Crippen LogP contribution is -2.47. The highest BCUT2D eigenvalue weighted by Crippen LogP contribution is 2.34. The maximum absolute atomic E-state index is 12.5. The van der Waals surface area contributed by atoms with Crippen LogP contribution in [0.3, 0.4) is 0 Å². The van der Waals surface area contributed by atoms with E-state index in [-0.39, 0.29) is 24.8 Å². The fourth-order valence-electron chi connectivity index (χ4n) is 2.03. The van der Waals surface area contributed by atoms with Crippen LogP contribution in [0.1, 0.15) is 24.6 Å². The summed E-state index contributed by atoms with van der Waals surface area (Å²) in [6.45, 7) is 1.85. The lowest BCUT2D eigenvalue weighted by molar-refractivity contribution is -0.137. The number of carbonyl (C=O) groups is 3. The van der Waals surface area contributed by atoms with E-state index in [0.29, 0.717) is 15.6 Å². The summed E-state index contributed by atoms with van der Waals surface area (Å²) >= 11 is 7.92. The van der Waals surface area contributed by atoms with Crippen molar-refractivity contribution in [3.8, 4) is 0 Å². The van der Waals surface area contributed by atoms with Crippen LogP contribution in [-0.4, -0.2) is 44.7 Å². The van der Waals surface area contributed by atoms with Gasteiger partial charge in [-0.05, 0) is 30.9 Å². The van der Waals surface area contributed by atoms with Crippen molar-refractivity contribution in [2.24, 2.45) is 0 Å². The van der Waals surface area contributed by atoms with E-state index in [4.69, 9.17) is 17.3 Å². The summed E-state index contributed by atoms with van der Waals surface area (Å²) in [4.78, 5) is 37.8. The molecule has 0 radical (unpaired) electrons. The van der Waals surface area contributed by atoms with Gasteiger partial charge in [0.1, 0.15) is 10.4 Å². The van der Waals surface area contributed by atoms with Crippen LogP contribution in [0.5, 0.6) is 0 Å². The minimum Gasteiger partial charge on any atom is -0.481 e. The summed E-state index contributed by atoms with van der Waals surface area (Å²) in [5.74, 6) is -1.55. The zero-order valence-corrected chi connectivity index (χ0v) is 15.3. The molecule has 128 valence electrons. The number of hydrogen-bond acceptors (Lipinski definition) is 6. The number of nitrogens with one attached hydrogen (secondary N) is 1. The summed E-state index contributed by atoms with van der Waals surface area (Å²) < 4.78 is 0.344. The first kappa shape index (κ1) is 18.6. The van der Waals surface area contributed by atoms with Crippen LogP contribution < -0.4 is 5.32 Å². The lowest BCUT2D eigenvalue weighted by Gasteiger charge is -2.22. The van der Waals surface area contributed by atoms with Crippen molar-refractivity contribution < 1.29 is 19.5 Å². The second-order valence-electron chi connectivity index (χ2n) is 5.03. The molecular weight excluding hydrogens is 368 g/mol. The third-order valence-electron chi connectivity index (χ3n) is 3.27. The monoisotopic (exact) mass is 384 g/mol. The van der Waals surface area contributed by atoms with E-state index in [1.165, 1.54) is 28.0 Å². The van der Waals surface area contributed by atoms with E-state index >= 15 is 0 Å². The van der Waals surface area contributed by atoms with Gasteiger partial charge in [-0.2, -0.15) is 0 Å². The Kier molecular flexibility index (Phi) is 6.52. The molecule has 1 unspecified atom stereocenters. The number of amides is 2. The highest BCUT2D eigenvalue weighted by Gasteiger charge is 2.38. The Balaban J connectivity index is 1.97.